The molecular weight excluding hydrogens is 282 g/mol. The molecule has 0 bridgehead atoms. The number of methoxy groups -OCH3 is 1. The highest BCUT2D eigenvalue weighted by molar-refractivity contribution is 7.85. The molecule has 1 aliphatic rings. The van der Waals surface area contributed by atoms with Crippen LogP contribution in [0, 0.1) is 5.92 Å². The SMILES string of the molecule is CCCNC1CCCC1CCS(=O)c1cccc(OC)c1. The molecule has 4 heteroatoms. The third-order valence-electron chi connectivity index (χ3n) is 4.29. The highest BCUT2D eigenvalue weighted by Gasteiger charge is 2.26. The number of benzene rings is 1. The van der Waals surface area contributed by atoms with Crippen LogP contribution in [0.1, 0.15) is 39.0 Å². The Morgan fingerprint density at radius 2 is 2.24 bits per heavy atom. The van der Waals surface area contributed by atoms with E-state index in [9.17, 15) is 4.21 Å². The third-order valence-corrected chi connectivity index (χ3v) is 5.68. The summed E-state index contributed by atoms with van der Waals surface area (Å²) < 4.78 is 17.6. The van der Waals surface area contributed by atoms with Gasteiger partial charge in [0.1, 0.15) is 5.75 Å². The van der Waals surface area contributed by atoms with Crippen LogP contribution in [-0.4, -0.2) is 29.7 Å². The van der Waals surface area contributed by atoms with Gasteiger partial charge in [-0.05, 0) is 56.3 Å². The molecule has 1 saturated carbocycles. The molecule has 0 heterocycles. The molecular formula is C17H27NO2S. The Kier molecular flexibility index (Phi) is 6.71. The van der Waals surface area contributed by atoms with E-state index in [0.717, 1.165) is 29.4 Å². The summed E-state index contributed by atoms with van der Waals surface area (Å²) >= 11 is 0. The summed E-state index contributed by atoms with van der Waals surface area (Å²) in [5.41, 5.74) is 0. The minimum absolute atomic E-state index is 0.632. The molecule has 1 N–H and O–H groups in total. The lowest BCUT2D eigenvalue weighted by molar-refractivity contribution is 0.392. The molecule has 1 aliphatic carbocycles. The van der Waals surface area contributed by atoms with Crippen LogP contribution in [0.3, 0.4) is 0 Å². The molecule has 118 valence electrons. The summed E-state index contributed by atoms with van der Waals surface area (Å²) in [6.45, 7) is 3.30. The zero-order valence-electron chi connectivity index (χ0n) is 13.1. The van der Waals surface area contributed by atoms with E-state index in [0.29, 0.717) is 12.0 Å². The van der Waals surface area contributed by atoms with E-state index in [1.54, 1.807) is 7.11 Å². The molecule has 2 rings (SSSR count). The van der Waals surface area contributed by atoms with Crippen LogP contribution in [0.5, 0.6) is 5.75 Å². The Balaban J connectivity index is 1.85. The molecule has 3 atom stereocenters. The van der Waals surface area contributed by atoms with Gasteiger partial charge >= 0.3 is 0 Å². The van der Waals surface area contributed by atoms with Gasteiger partial charge in [0.25, 0.3) is 0 Å². The van der Waals surface area contributed by atoms with E-state index in [1.807, 2.05) is 24.3 Å². The molecule has 0 radical (unpaired) electrons. The molecule has 3 nitrogen and oxygen atoms in total. The van der Waals surface area contributed by atoms with Crippen LogP contribution in [0.2, 0.25) is 0 Å². The average molecular weight is 309 g/mol. The topological polar surface area (TPSA) is 38.3 Å². The lowest BCUT2D eigenvalue weighted by Crippen LogP contribution is -2.33. The lowest BCUT2D eigenvalue weighted by atomic mass is 10.0. The minimum atomic E-state index is -0.920. The van der Waals surface area contributed by atoms with Crippen LogP contribution in [0.15, 0.2) is 29.2 Å². The fraction of sp³-hybridized carbons (Fsp3) is 0.647. The van der Waals surface area contributed by atoms with E-state index < -0.39 is 10.8 Å². The number of hydrogen-bond donors (Lipinski definition) is 1. The van der Waals surface area contributed by atoms with Gasteiger partial charge in [0.2, 0.25) is 0 Å². The summed E-state index contributed by atoms with van der Waals surface area (Å²) in [4.78, 5) is 0.880. The molecule has 3 unspecified atom stereocenters. The summed E-state index contributed by atoms with van der Waals surface area (Å²) in [6.07, 6.45) is 6.08. The summed E-state index contributed by atoms with van der Waals surface area (Å²) in [6, 6.07) is 8.25. The maximum absolute atomic E-state index is 12.4. The quantitative estimate of drug-likeness (QED) is 0.800. The Morgan fingerprint density at radius 1 is 1.38 bits per heavy atom. The fourth-order valence-corrected chi connectivity index (χ4v) is 4.33. The molecule has 21 heavy (non-hydrogen) atoms. The van der Waals surface area contributed by atoms with Crippen molar-refractivity contribution in [3.8, 4) is 5.75 Å². The Labute approximate surface area is 130 Å². The molecule has 0 saturated heterocycles. The van der Waals surface area contributed by atoms with Crippen LogP contribution in [-0.2, 0) is 10.8 Å². The van der Waals surface area contributed by atoms with Gasteiger partial charge in [-0.3, -0.25) is 4.21 Å². The molecule has 1 aromatic rings. The average Bonchev–Trinajstić information content (AvgIpc) is 2.98. The van der Waals surface area contributed by atoms with E-state index in [1.165, 1.54) is 25.7 Å². The predicted octanol–water partition coefficient (Wildman–Crippen LogP) is 3.36. The van der Waals surface area contributed by atoms with Crippen LogP contribution in [0.4, 0.5) is 0 Å². The standard InChI is InChI=1S/C17H27NO2S/c1-3-11-18-17-9-4-6-14(17)10-12-21(19)16-8-5-7-15(13-16)20-2/h5,7-8,13-14,17-18H,3-4,6,9-12H2,1-2H3. The monoisotopic (exact) mass is 309 g/mol. The number of hydrogen-bond acceptors (Lipinski definition) is 3. The van der Waals surface area contributed by atoms with E-state index in [4.69, 9.17) is 4.74 Å². The van der Waals surface area contributed by atoms with Crippen molar-refractivity contribution in [3.63, 3.8) is 0 Å². The first-order valence-corrected chi connectivity index (χ1v) is 9.32. The third kappa shape index (κ3) is 4.82. The predicted molar refractivity (Wildman–Crippen MR) is 88.3 cm³/mol. The van der Waals surface area contributed by atoms with E-state index in [-0.39, 0.29) is 0 Å². The first-order chi connectivity index (χ1) is 10.2. The van der Waals surface area contributed by atoms with Gasteiger partial charge in [-0.2, -0.15) is 0 Å². The van der Waals surface area contributed by atoms with Gasteiger partial charge in [0.15, 0.2) is 0 Å². The number of ether oxygens (including phenoxy) is 1. The Bertz CT molecular complexity index is 464. The van der Waals surface area contributed by atoms with E-state index in [2.05, 4.69) is 12.2 Å². The highest BCUT2D eigenvalue weighted by Crippen LogP contribution is 2.29. The second-order valence-corrected chi connectivity index (χ2v) is 7.34. The largest absolute Gasteiger partial charge is 0.497 e. The molecule has 0 amide bonds. The van der Waals surface area contributed by atoms with Gasteiger partial charge < -0.3 is 10.1 Å². The second kappa shape index (κ2) is 8.54. The van der Waals surface area contributed by atoms with Gasteiger partial charge in [0.05, 0.1) is 17.9 Å². The summed E-state index contributed by atoms with van der Waals surface area (Å²) in [7, 11) is 0.724. The Hall–Kier alpha value is -0.870. The van der Waals surface area contributed by atoms with Gasteiger partial charge in [-0.1, -0.05) is 19.4 Å². The number of rotatable bonds is 8. The maximum atomic E-state index is 12.4. The van der Waals surface area contributed by atoms with Crippen molar-refractivity contribution < 1.29 is 8.95 Å². The van der Waals surface area contributed by atoms with Gasteiger partial charge in [0, 0.05) is 16.7 Å². The first-order valence-electron chi connectivity index (χ1n) is 8.00. The molecule has 0 aromatic heterocycles. The molecule has 0 aliphatic heterocycles. The van der Waals surface area contributed by atoms with Gasteiger partial charge in [-0.15, -0.1) is 0 Å². The van der Waals surface area contributed by atoms with Crippen molar-refractivity contribution >= 4 is 10.8 Å². The van der Waals surface area contributed by atoms with Crippen molar-refractivity contribution in [2.24, 2.45) is 5.92 Å². The van der Waals surface area contributed by atoms with Crippen LogP contribution < -0.4 is 10.1 Å². The maximum Gasteiger partial charge on any atom is 0.120 e. The molecule has 1 aromatic carbocycles. The van der Waals surface area contributed by atoms with Crippen molar-refractivity contribution in [1.82, 2.24) is 5.32 Å². The highest BCUT2D eigenvalue weighted by atomic mass is 32.2. The Morgan fingerprint density at radius 3 is 3.00 bits per heavy atom. The summed E-state index contributed by atoms with van der Waals surface area (Å²) in [5, 5.41) is 3.64. The first kappa shape index (κ1) is 16.5. The van der Waals surface area contributed by atoms with Crippen molar-refractivity contribution in [1.29, 1.82) is 0 Å². The fourth-order valence-electron chi connectivity index (χ4n) is 3.10. The van der Waals surface area contributed by atoms with Crippen molar-refractivity contribution in [2.75, 3.05) is 19.4 Å². The van der Waals surface area contributed by atoms with Crippen molar-refractivity contribution in [3.05, 3.63) is 24.3 Å². The summed E-state index contributed by atoms with van der Waals surface area (Å²) in [5.74, 6) is 2.22. The normalized spacial score (nSPS) is 23.1. The molecule has 1 fully saturated rings. The van der Waals surface area contributed by atoms with Gasteiger partial charge in [-0.25, -0.2) is 0 Å². The smallest absolute Gasteiger partial charge is 0.120 e. The lowest BCUT2D eigenvalue weighted by Gasteiger charge is -2.20. The minimum Gasteiger partial charge on any atom is -0.497 e. The zero-order chi connectivity index (χ0) is 15.1. The molecule has 0 spiro atoms. The van der Waals surface area contributed by atoms with Crippen LogP contribution >= 0.6 is 0 Å². The van der Waals surface area contributed by atoms with E-state index >= 15 is 0 Å². The van der Waals surface area contributed by atoms with Crippen molar-refractivity contribution in [2.45, 2.75) is 50.0 Å². The van der Waals surface area contributed by atoms with Crippen LogP contribution in [0.25, 0.3) is 0 Å². The zero-order valence-corrected chi connectivity index (χ0v) is 14.0. The second-order valence-electron chi connectivity index (χ2n) is 5.77. The number of nitrogens with one attached hydrogen (secondary N) is 1.